The molecule has 0 bridgehead atoms. The summed E-state index contributed by atoms with van der Waals surface area (Å²) in [6.45, 7) is 3.30. The van der Waals surface area contributed by atoms with E-state index in [2.05, 4.69) is 5.32 Å². The van der Waals surface area contributed by atoms with Gasteiger partial charge in [-0.15, -0.1) is 0 Å². The number of sulfonamides is 1. The molecule has 7 nitrogen and oxygen atoms in total. The summed E-state index contributed by atoms with van der Waals surface area (Å²) in [5.74, 6) is -0.810. The summed E-state index contributed by atoms with van der Waals surface area (Å²) in [6.07, 6.45) is 5.19. The van der Waals surface area contributed by atoms with E-state index in [1.807, 2.05) is 62.4 Å². The van der Waals surface area contributed by atoms with Gasteiger partial charge in [-0.05, 0) is 91.4 Å². The molecule has 0 radical (unpaired) electrons. The minimum atomic E-state index is -4.24. The Labute approximate surface area is 293 Å². The molecule has 252 valence electrons. The van der Waals surface area contributed by atoms with Crippen LogP contribution in [0.15, 0.2) is 102 Å². The van der Waals surface area contributed by atoms with Gasteiger partial charge in [0, 0.05) is 29.1 Å². The number of amides is 2. The fourth-order valence-electron chi connectivity index (χ4n) is 6.05. The summed E-state index contributed by atoms with van der Waals surface area (Å²) in [4.78, 5) is 30.4. The van der Waals surface area contributed by atoms with Crippen molar-refractivity contribution in [1.29, 1.82) is 0 Å². The third-order valence-electron chi connectivity index (χ3n) is 8.98. The predicted molar refractivity (Wildman–Crippen MR) is 193 cm³/mol. The Hall–Kier alpha value is -3.85. The van der Waals surface area contributed by atoms with E-state index in [9.17, 15) is 18.0 Å². The lowest BCUT2D eigenvalue weighted by molar-refractivity contribution is -0.140. The first-order valence-corrected chi connectivity index (χ1v) is 18.5. The van der Waals surface area contributed by atoms with Gasteiger partial charge in [0.15, 0.2) is 0 Å². The van der Waals surface area contributed by atoms with Crippen molar-refractivity contribution >= 4 is 50.7 Å². The van der Waals surface area contributed by atoms with E-state index in [1.165, 1.54) is 29.2 Å². The highest BCUT2D eigenvalue weighted by molar-refractivity contribution is 7.92. The molecule has 0 heterocycles. The van der Waals surface area contributed by atoms with Crippen LogP contribution in [0.1, 0.15) is 54.4 Å². The maximum atomic E-state index is 14.7. The van der Waals surface area contributed by atoms with Crippen molar-refractivity contribution in [1.82, 2.24) is 10.2 Å². The number of nitrogens with one attached hydrogen (secondary N) is 1. The molecule has 1 atom stereocenters. The predicted octanol–water partition coefficient (Wildman–Crippen LogP) is 7.89. The molecule has 0 aromatic heterocycles. The largest absolute Gasteiger partial charge is 0.352 e. The van der Waals surface area contributed by atoms with E-state index in [1.54, 1.807) is 24.3 Å². The van der Waals surface area contributed by atoms with E-state index in [-0.39, 0.29) is 29.8 Å². The molecule has 5 rings (SSSR count). The quantitative estimate of drug-likeness (QED) is 0.162. The van der Waals surface area contributed by atoms with Crippen LogP contribution in [-0.4, -0.2) is 43.8 Å². The second-order valence-corrected chi connectivity index (χ2v) is 15.1. The molecule has 1 unspecified atom stereocenters. The highest BCUT2D eigenvalue weighted by Crippen LogP contribution is 2.28. The lowest BCUT2D eigenvalue weighted by Crippen LogP contribution is -2.55. The monoisotopic (exact) mass is 705 g/mol. The van der Waals surface area contributed by atoms with E-state index in [0.29, 0.717) is 21.3 Å². The van der Waals surface area contributed by atoms with Crippen LogP contribution in [0.2, 0.25) is 10.0 Å². The molecule has 48 heavy (non-hydrogen) atoms. The molecule has 4 aromatic rings. The average molecular weight is 707 g/mol. The number of carbonyl (C=O) groups is 2. The first-order valence-electron chi connectivity index (χ1n) is 16.3. The summed E-state index contributed by atoms with van der Waals surface area (Å²) >= 11 is 12.7. The maximum absolute atomic E-state index is 14.7. The van der Waals surface area contributed by atoms with Gasteiger partial charge in [-0.1, -0.05) is 97.1 Å². The van der Waals surface area contributed by atoms with E-state index < -0.39 is 28.5 Å². The number of rotatable bonds is 12. The Bertz CT molecular complexity index is 1830. The molecule has 0 aliphatic heterocycles. The van der Waals surface area contributed by atoms with Crippen molar-refractivity contribution < 1.29 is 18.0 Å². The number of hydrogen-bond acceptors (Lipinski definition) is 4. The van der Waals surface area contributed by atoms with Crippen LogP contribution in [-0.2, 0) is 32.6 Å². The van der Waals surface area contributed by atoms with Crippen LogP contribution in [0.5, 0.6) is 0 Å². The molecule has 2 amide bonds. The summed E-state index contributed by atoms with van der Waals surface area (Å²) in [5, 5.41) is 4.06. The van der Waals surface area contributed by atoms with Crippen LogP contribution >= 0.6 is 23.2 Å². The van der Waals surface area contributed by atoms with Gasteiger partial charge in [0.2, 0.25) is 11.8 Å². The lowest BCUT2D eigenvalue weighted by atomic mass is 9.94. The number of nitrogens with zero attached hydrogens (tertiary/aromatic N) is 2. The standard InChI is InChI=1S/C38H41Cl2N3O4S/c1-27-17-20-33(23-28(27)2)43(48(46,47)34-21-18-31(39)19-22-34)26-37(44)42(25-30-13-9-10-16-35(30)40)36(24-29-11-5-3-6-12-29)38(45)41-32-14-7-4-8-15-32/h3,5-6,9-13,16-23,32,36H,4,7-8,14-15,24-26H2,1-2H3,(H,41,45). The molecule has 1 aliphatic rings. The molecule has 0 saturated heterocycles. The van der Waals surface area contributed by atoms with Gasteiger partial charge in [-0.2, -0.15) is 0 Å². The minimum Gasteiger partial charge on any atom is -0.352 e. The van der Waals surface area contributed by atoms with Gasteiger partial charge >= 0.3 is 0 Å². The number of aryl methyl sites for hydroxylation is 2. The molecule has 1 fully saturated rings. The Morgan fingerprint density at radius 2 is 1.50 bits per heavy atom. The second-order valence-electron chi connectivity index (χ2n) is 12.4. The molecule has 1 N–H and O–H groups in total. The molecular formula is C38H41Cl2N3O4S. The maximum Gasteiger partial charge on any atom is 0.264 e. The Kier molecular flexibility index (Phi) is 11.8. The summed E-state index contributed by atoms with van der Waals surface area (Å²) < 4.78 is 29.7. The molecule has 10 heteroatoms. The SMILES string of the molecule is Cc1ccc(N(CC(=O)N(Cc2ccccc2Cl)C(Cc2ccccc2)C(=O)NC2CCCCC2)S(=O)(=O)c2ccc(Cl)cc2)cc1C. The number of benzene rings is 4. The van der Waals surface area contributed by atoms with Crippen LogP contribution in [0.4, 0.5) is 5.69 Å². The zero-order valence-corrected chi connectivity index (χ0v) is 29.6. The van der Waals surface area contributed by atoms with Crippen molar-refractivity contribution in [3.8, 4) is 0 Å². The van der Waals surface area contributed by atoms with Crippen molar-refractivity contribution in [3.05, 3.63) is 129 Å². The van der Waals surface area contributed by atoms with E-state index in [4.69, 9.17) is 23.2 Å². The minimum absolute atomic E-state index is 0.00791. The van der Waals surface area contributed by atoms with Crippen LogP contribution < -0.4 is 9.62 Å². The molecule has 0 spiro atoms. The number of carbonyl (C=O) groups excluding carboxylic acids is 2. The Morgan fingerprint density at radius 3 is 2.17 bits per heavy atom. The molecule has 1 aliphatic carbocycles. The average Bonchev–Trinajstić information content (AvgIpc) is 3.08. The van der Waals surface area contributed by atoms with Crippen molar-refractivity contribution in [2.45, 2.75) is 75.9 Å². The Morgan fingerprint density at radius 1 is 0.833 bits per heavy atom. The van der Waals surface area contributed by atoms with Gasteiger partial charge in [0.25, 0.3) is 10.0 Å². The van der Waals surface area contributed by atoms with Crippen LogP contribution in [0.25, 0.3) is 0 Å². The highest BCUT2D eigenvalue weighted by Gasteiger charge is 2.35. The van der Waals surface area contributed by atoms with Gasteiger partial charge < -0.3 is 10.2 Å². The summed E-state index contributed by atoms with van der Waals surface area (Å²) in [7, 11) is -4.24. The third-order valence-corrected chi connectivity index (χ3v) is 11.4. The molecule has 4 aromatic carbocycles. The second kappa shape index (κ2) is 16.0. The normalized spacial score (nSPS) is 14.2. The van der Waals surface area contributed by atoms with Gasteiger partial charge in [0.05, 0.1) is 10.6 Å². The fourth-order valence-corrected chi connectivity index (χ4v) is 7.78. The van der Waals surface area contributed by atoms with E-state index >= 15 is 0 Å². The van der Waals surface area contributed by atoms with Crippen molar-refractivity contribution in [3.63, 3.8) is 0 Å². The summed E-state index contributed by atoms with van der Waals surface area (Å²) in [6, 6.07) is 26.9. The van der Waals surface area contributed by atoms with Crippen LogP contribution in [0.3, 0.4) is 0 Å². The lowest BCUT2D eigenvalue weighted by Gasteiger charge is -2.35. The fraction of sp³-hybridized carbons (Fsp3) is 0.316. The number of hydrogen-bond donors (Lipinski definition) is 1. The van der Waals surface area contributed by atoms with Crippen molar-refractivity contribution in [2.75, 3.05) is 10.8 Å². The topological polar surface area (TPSA) is 86.8 Å². The smallest absolute Gasteiger partial charge is 0.264 e. The summed E-state index contributed by atoms with van der Waals surface area (Å²) in [5.41, 5.74) is 3.72. The zero-order chi connectivity index (χ0) is 34.3. The van der Waals surface area contributed by atoms with Crippen molar-refractivity contribution in [2.24, 2.45) is 0 Å². The molecule has 1 saturated carbocycles. The molecular weight excluding hydrogens is 665 g/mol. The van der Waals surface area contributed by atoms with Crippen LogP contribution in [0, 0.1) is 13.8 Å². The van der Waals surface area contributed by atoms with E-state index in [0.717, 1.165) is 53.1 Å². The zero-order valence-electron chi connectivity index (χ0n) is 27.2. The number of halogens is 2. The van der Waals surface area contributed by atoms with Gasteiger partial charge in [-0.25, -0.2) is 8.42 Å². The van der Waals surface area contributed by atoms with Gasteiger partial charge in [-0.3, -0.25) is 13.9 Å². The van der Waals surface area contributed by atoms with Gasteiger partial charge in [0.1, 0.15) is 12.6 Å². The third kappa shape index (κ3) is 8.78. The first-order chi connectivity index (χ1) is 23.0. The first kappa shape index (κ1) is 35.5. The Balaban J connectivity index is 1.58. The number of anilines is 1. The highest BCUT2D eigenvalue weighted by atomic mass is 35.5.